The first-order chi connectivity index (χ1) is 31.6. The highest BCUT2D eigenvalue weighted by Gasteiger charge is 2.60. The molecule has 0 aromatic rings. The Hall–Kier alpha value is -2.13. The van der Waals surface area contributed by atoms with E-state index in [0.29, 0.717) is 6.42 Å². The van der Waals surface area contributed by atoms with Crippen molar-refractivity contribution in [2.24, 2.45) is 17.8 Å². The third kappa shape index (κ3) is 15.4. The fourth-order valence-corrected chi connectivity index (χ4v) is 13.0. The van der Waals surface area contributed by atoms with E-state index in [1.165, 1.54) is 28.4 Å². The van der Waals surface area contributed by atoms with E-state index in [1.807, 2.05) is 71.9 Å². The van der Waals surface area contributed by atoms with Crippen LogP contribution in [0.25, 0.3) is 0 Å². The molecule has 0 bridgehead atoms. The van der Waals surface area contributed by atoms with Crippen LogP contribution in [0.2, 0.25) is 18.1 Å². The Morgan fingerprint density at radius 3 is 2.10 bits per heavy atom. The molecule has 5 N–H and O–H groups in total. The quantitative estimate of drug-likeness (QED) is 0.0833. The first-order valence-electron chi connectivity index (χ1n) is 24.4. The number of hydrogen-bond donors (Lipinski definition) is 5. The molecule has 0 spiro atoms. The summed E-state index contributed by atoms with van der Waals surface area (Å²) in [6.45, 7) is 21.6. The molecule has 0 aliphatic carbocycles. The molecule has 0 aromatic carbocycles. The zero-order valence-corrected chi connectivity index (χ0v) is 44.2. The van der Waals surface area contributed by atoms with Gasteiger partial charge >= 0.3 is 5.97 Å². The minimum atomic E-state index is -2.26. The molecule has 0 amide bonds. The van der Waals surface area contributed by atoms with Gasteiger partial charge in [-0.3, -0.25) is 0 Å². The number of rotatable bonds is 16. The summed E-state index contributed by atoms with van der Waals surface area (Å²) in [5.41, 5.74) is 2.76. The maximum atomic E-state index is 14.2. The van der Waals surface area contributed by atoms with Gasteiger partial charge in [-0.05, 0) is 71.7 Å². The van der Waals surface area contributed by atoms with Crippen molar-refractivity contribution in [2.75, 3.05) is 35.0 Å². The monoisotopic (exact) mass is 969 g/mol. The molecular formula is C51H88O15Si. The molecule has 0 saturated carbocycles. The molecule has 2 saturated heterocycles. The number of allylic oxidation sites excluding steroid dienone is 7. The van der Waals surface area contributed by atoms with Gasteiger partial charge in [-0.15, -0.1) is 0 Å². The maximum Gasteiger partial charge on any atom is 0.334 e. The van der Waals surface area contributed by atoms with Gasteiger partial charge < -0.3 is 67.9 Å². The lowest BCUT2D eigenvalue weighted by Gasteiger charge is -2.55. The van der Waals surface area contributed by atoms with Crippen molar-refractivity contribution in [1.82, 2.24) is 0 Å². The van der Waals surface area contributed by atoms with E-state index < -0.39 is 106 Å². The van der Waals surface area contributed by atoms with E-state index in [2.05, 4.69) is 20.8 Å². The number of carbonyl (C=O) groups is 1. The lowest BCUT2D eigenvalue weighted by atomic mass is 9.76. The zero-order valence-electron chi connectivity index (χ0n) is 43.2. The lowest BCUT2D eigenvalue weighted by molar-refractivity contribution is -0.370. The second kappa shape index (κ2) is 27.5. The number of esters is 1. The van der Waals surface area contributed by atoms with Crippen LogP contribution in [0.3, 0.4) is 0 Å². The Morgan fingerprint density at radius 1 is 0.866 bits per heavy atom. The number of hydrogen-bond acceptors (Lipinski definition) is 15. The predicted octanol–water partition coefficient (Wildman–Crippen LogP) is 6.46. The summed E-state index contributed by atoms with van der Waals surface area (Å²) in [6, 6.07) is 2.67. The van der Waals surface area contributed by atoms with E-state index in [-0.39, 0.29) is 43.3 Å². The fourth-order valence-electron chi connectivity index (χ4n) is 9.99. The Balaban J connectivity index is 2.12. The van der Waals surface area contributed by atoms with E-state index in [0.717, 1.165) is 34.9 Å². The topological polar surface area (TPSA) is 201 Å². The van der Waals surface area contributed by atoms with Gasteiger partial charge in [0.05, 0.1) is 49.3 Å². The smallest absolute Gasteiger partial charge is 0.334 e. The third-order valence-corrected chi connectivity index (χ3v) is 19.0. The average Bonchev–Trinajstić information content (AvgIpc) is 3.28. The van der Waals surface area contributed by atoms with Crippen LogP contribution in [0.15, 0.2) is 58.7 Å². The first-order valence-corrected chi connectivity index (χ1v) is 26.9. The van der Waals surface area contributed by atoms with Gasteiger partial charge in [-0.1, -0.05) is 88.6 Å². The van der Waals surface area contributed by atoms with Crippen LogP contribution in [0.1, 0.15) is 102 Å². The summed E-state index contributed by atoms with van der Waals surface area (Å²) in [5, 5.41) is 57.3. The molecule has 386 valence electrons. The number of aliphatic hydroxyl groups excluding tert-OH is 5. The predicted molar refractivity (Wildman–Crippen MR) is 259 cm³/mol. The minimum absolute atomic E-state index is 0.0805. The molecule has 3 aliphatic heterocycles. The average molecular weight is 969 g/mol. The summed E-state index contributed by atoms with van der Waals surface area (Å²) < 4.78 is 55.6. The van der Waals surface area contributed by atoms with Crippen molar-refractivity contribution in [3.05, 3.63) is 58.7 Å². The second-order valence-electron chi connectivity index (χ2n) is 19.2. The minimum Gasteiger partial charge on any atom is -0.456 e. The van der Waals surface area contributed by atoms with E-state index >= 15 is 0 Å². The van der Waals surface area contributed by atoms with Crippen molar-refractivity contribution in [1.29, 1.82) is 0 Å². The van der Waals surface area contributed by atoms with Crippen LogP contribution in [0, 0.1) is 17.8 Å². The van der Waals surface area contributed by atoms with Gasteiger partial charge in [0.1, 0.15) is 30.5 Å². The number of aliphatic hydroxyl groups is 5. The molecule has 2 fully saturated rings. The Labute approximate surface area is 402 Å². The lowest BCUT2D eigenvalue weighted by Crippen LogP contribution is -2.68. The highest BCUT2D eigenvalue weighted by atomic mass is 28.4. The molecule has 17 atom stereocenters. The van der Waals surface area contributed by atoms with Crippen molar-refractivity contribution in [2.45, 2.75) is 205 Å². The van der Waals surface area contributed by atoms with Crippen LogP contribution in [0.5, 0.6) is 0 Å². The Morgan fingerprint density at radius 2 is 1.52 bits per heavy atom. The maximum absolute atomic E-state index is 14.2. The molecule has 3 aliphatic rings. The SMILES string of the molecule is CC[Si](CC)(CC)O[C@H]1[C@@H](C)[C@@H](C[C@@H](O)COC)O[C@@](OC)([C@H](O)[C@@H]2C[C@H](OC)[C@@H](O)CC/C=C(C)/C=C/C(O[C@@H]3O[C@@H](C)[C@H](OC)[C@@H](O)[C@@H]3O)[C@H](C)/C=C(C)/C=C(C)/C=C(\C)C(=O)O2)[C@@H]1C. The molecule has 15 nitrogen and oxygen atoms in total. The third-order valence-electron chi connectivity index (χ3n) is 14.4. The van der Waals surface area contributed by atoms with Gasteiger partial charge in [0.25, 0.3) is 0 Å². The molecule has 3 rings (SSSR count). The van der Waals surface area contributed by atoms with Crippen molar-refractivity contribution in [3.8, 4) is 0 Å². The largest absolute Gasteiger partial charge is 0.456 e. The van der Waals surface area contributed by atoms with Gasteiger partial charge in [0.2, 0.25) is 5.79 Å². The highest BCUT2D eigenvalue weighted by molar-refractivity contribution is 6.73. The molecular weight excluding hydrogens is 881 g/mol. The van der Waals surface area contributed by atoms with E-state index in [1.54, 1.807) is 19.9 Å². The number of ether oxygens (including phenoxy) is 8. The summed E-state index contributed by atoms with van der Waals surface area (Å²) in [4.78, 5) is 14.2. The molecule has 0 radical (unpaired) electrons. The zero-order chi connectivity index (χ0) is 50.4. The second-order valence-corrected chi connectivity index (χ2v) is 24.0. The van der Waals surface area contributed by atoms with Crippen LogP contribution >= 0.6 is 0 Å². The highest BCUT2D eigenvalue weighted by Crippen LogP contribution is 2.46. The van der Waals surface area contributed by atoms with Crippen LogP contribution in [0.4, 0.5) is 0 Å². The van der Waals surface area contributed by atoms with Gasteiger partial charge in [0, 0.05) is 64.6 Å². The number of carbonyl (C=O) groups excluding carboxylic acids is 1. The van der Waals surface area contributed by atoms with Crippen LogP contribution in [-0.4, -0.2) is 160 Å². The molecule has 1 unspecified atom stereocenters. The van der Waals surface area contributed by atoms with Crippen LogP contribution < -0.4 is 0 Å². The molecule has 16 heteroatoms. The standard InChI is InChI=1S/C51H88O15Si/c1-16-67(17-2,18-3)66-46-35(9)41(27-38(52)29-58-12)65-51(61-15,36(46)10)48(56)43-28-42(59-13)39(53)21-19-20-30(4)22-23-40(64-50-45(55)44(54)47(60-14)37(11)62-50)33(7)25-31(5)24-32(6)26-34(8)49(57)63-43/h20,22-26,33,35-48,50,52-56H,16-19,21,27-29H2,1-15H3/b23-22+,30-20+,31-25+,32-24+,34-26+/t33-,35+,36-,37+,38-,39+,40?,41-,42+,43+,44+,45+,46+,47+,48-,50+,51-/m1/s1. The Kier molecular flexibility index (Phi) is 24.3. The first kappa shape index (κ1) is 59.2. The normalized spacial score (nSPS) is 40.4. The van der Waals surface area contributed by atoms with Crippen molar-refractivity contribution < 1.29 is 72.6 Å². The van der Waals surface area contributed by atoms with Gasteiger partial charge in [-0.25, -0.2) is 4.79 Å². The molecule has 67 heavy (non-hydrogen) atoms. The summed E-state index contributed by atoms with van der Waals surface area (Å²) in [6.07, 6.45) is -0.150. The molecule has 3 heterocycles. The number of methoxy groups -OCH3 is 4. The van der Waals surface area contributed by atoms with Crippen molar-refractivity contribution >= 4 is 14.3 Å². The Bertz CT molecular complexity index is 1670. The van der Waals surface area contributed by atoms with Gasteiger partial charge in [0.15, 0.2) is 14.6 Å². The van der Waals surface area contributed by atoms with E-state index in [4.69, 9.17) is 42.3 Å². The molecule has 0 aromatic heterocycles. The number of cyclic esters (lactones) is 1. The fraction of sp³-hybridized carbons (Fsp3) is 0.784. The van der Waals surface area contributed by atoms with Gasteiger partial charge in [-0.2, -0.15) is 0 Å². The van der Waals surface area contributed by atoms with Crippen LogP contribution in [-0.2, 0) is 47.1 Å². The van der Waals surface area contributed by atoms with Crippen molar-refractivity contribution in [3.63, 3.8) is 0 Å². The van der Waals surface area contributed by atoms with E-state index in [9.17, 15) is 30.3 Å². The summed E-state index contributed by atoms with van der Waals surface area (Å²) in [7, 11) is 3.64. The summed E-state index contributed by atoms with van der Waals surface area (Å²) in [5.74, 6) is -3.52. The summed E-state index contributed by atoms with van der Waals surface area (Å²) >= 11 is 0.